The fraction of sp³-hybridized carbons (Fsp3) is 0.417. The molecule has 80 valence electrons. The number of benzene rings is 1. The molecule has 1 atom stereocenters. The van der Waals surface area contributed by atoms with Crippen molar-refractivity contribution < 1.29 is 14.6 Å². The molecule has 1 aliphatic heterocycles. The number of rotatable bonds is 2. The van der Waals surface area contributed by atoms with Crippen LogP contribution in [0.3, 0.4) is 0 Å². The molecule has 15 heavy (non-hydrogen) atoms. The predicted molar refractivity (Wildman–Crippen MR) is 56.2 cm³/mol. The van der Waals surface area contributed by atoms with Crippen molar-refractivity contribution in [2.24, 2.45) is 0 Å². The third-order valence-electron chi connectivity index (χ3n) is 2.76. The lowest BCUT2D eigenvalue weighted by molar-refractivity contribution is -0.145. The van der Waals surface area contributed by atoms with Crippen molar-refractivity contribution in [2.45, 2.75) is 32.3 Å². The smallest absolute Gasteiger partial charge is 0.344 e. The molecule has 1 aromatic rings. The van der Waals surface area contributed by atoms with Gasteiger partial charge in [0, 0.05) is 0 Å². The molecular weight excluding hydrogens is 192 g/mol. The van der Waals surface area contributed by atoms with Crippen molar-refractivity contribution in [3.8, 4) is 5.75 Å². The second-order valence-electron chi connectivity index (χ2n) is 3.78. The van der Waals surface area contributed by atoms with E-state index in [1.165, 1.54) is 5.56 Å². The Kier molecular flexibility index (Phi) is 2.62. The van der Waals surface area contributed by atoms with Crippen LogP contribution in [0, 0.1) is 0 Å². The van der Waals surface area contributed by atoms with Gasteiger partial charge >= 0.3 is 5.97 Å². The first kappa shape index (κ1) is 10.0. The molecule has 1 N–H and O–H groups in total. The van der Waals surface area contributed by atoms with Crippen LogP contribution in [0.2, 0.25) is 0 Å². The molecule has 1 aromatic carbocycles. The Bertz CT molecular complexity index is 384. The van der Waals surface area contributed by atoms with Gasteiger partial charge in [-0.2, -0.15) is 0 Å². The van der Waals surface area contributed by atoms with Crippen molar-refractivity contribution in [3.05, 3.63) is 29.3 Å². The van der Waals surface area contributed by atoms with Gasteiger partial charge in [0.15, 0.2) is 6.10 Å². The maximum absolute atomic E-state index is 10.8. The van der Waals surface area contributed by atoms with Gasteiger partial charge in [-0.05, 0) is 36.5 Å². The van der Waals surface area contributed by atoms with Crippen LogP contribution in [0.1, 0.15) is 24.5 Å². The van der Waals surface area contributed by atoms with Crippen LogP contribution in [0.5, 0.6) is 5.75 Å². The summed E-state index contributed by atoms with van der Waals surface area (Å²) in [6, 6.07) is 6.06. The van der Waals surface area contributed by atoms with E-state index >= 15 is 0 Å². The highest BCUT2D eigenvalue weighted by atomic mass is 16.5. The van der Waals surface area contributed by atoms with Crippen molar-refractivity contribution >= 4 is 5.97 Å². The molecule has 0 aliphatic carbocycles. The molecule has 0 saturated carbocycles. The Hall–Kier alpha value is -1.51. The average molecular weight is 206 g/mol. The van der Waals surface area contributed by atoms with Gasteiger partial charge in [-0.25, -0.2) is 4.79 Å². The molecule has 1 unspecified atom stereocenters. The van der Waals surface area contributed by atoms with Crippen LogP contribution in [-0.4, -0.2) is 17.2 Å². The Morgan fingerprint density at radius 1 is 1.60 bits per heavy atom. The van der Waals surface area contributed by atoms with E-state index in [1.54, 1.807) is 0 Å². The highest BCUT2D eigenvalue weighted by Gasteiger charge is 2.25. The molecule has 1 aliphatic rings. The van der Waals surface area contributed by atoms with Crippen LogP contribution >= 0.6 is 0 Å². The van der Waals surface area contributed by atoms with Gasteiger partial charge in [-0.15, -0.1) is 0 Å². The number of fused-ring (bicyclic) bond motifs is 1. The molecule has 3 heteroatoms. The number of aliphatic carboxylic acids is 1. The van der Waals surface area contributed by atoms with E-state index in [9.17, 15) is 4.79 Å². The lowest BCUT2D eigenvalue weighted by Gasteiger charge is -2.23. The largest absolute Gasteiger partial charge is 0.479 e. The van der Waals surface area contributed by atoms with Gasteiger partial charge in [0.2, 0.25) is 0 Å². The van der Waals surface area contributed by atoms with E-state index in [1.807, 2.05) is 12.1 Å². The molecule has 0 amide bonds. The standard InChI is InChI=1S/C12H14O3/c1-2-8-3-4-9-5-6-10(12(13)14)15-11(9)7-8/h3-4,7,10H,2,5-6H2,1H3,(H,13,14). The molecule has 0 bridgehead atoms. The van der Waals surface area contributed by atoms with Crippen molar-refractivity contribution in [1.29, 1.82) is 0 Å². The monoisotopic (exact) mass is 206 g/mol. The summed E-state index contributed by atoms with van der Waals surface area (Å²) in [4.78, 5) is 10.8. The highest BCUT2D eigenvalue weighted by molar-refractivity contribution is 5.73. The molecule has 0 radical (unpaired) electrons. The van der Waals surface area contributed by atoms with Gasteiger partial charge in [0.1, 0.15) is 5.75 Å². The normalized spacial score (nSPS) is 19.1. The summed E-state index contributed by atoms with van der Waals surface area (Å²) >= 11 is 0. The molecule has 0 aromatic heterocycles. The molecular formula is C12H14O3. The first-order valence-corrected chi connectivity index (χ1v) is 5.22. The molecule has 0 spiro atoms. The lowest BCUT2D eigenvalue weighted by atomic mass is 10.00. The molecule has 0 saturated heterocycles. The number of carboxylic acids is 1. The molecule has 1 heterocycles. The minimum Gasteiger partial charge on any atom is -0.479 e. The SMILES string of the molecule is CCc1ccc2c(c1)OC(C(=O)O)CC2. The van der Waals surface area contributed by atoms with Crippen LogP contribution in [0.4, 0.5) is 0 Å². The van der Waals surface area contributed by atoms with E-state index in [4.69, 9.17) is 9.84 Å². The van der Waals surface area contributed by atoms with E-state index in [0.717, 1.165) is 24.2 Å². The van der Waals surface area contributed by atoms with E-state index in [2.05, 4.69) is 13.0 Å². The maximum Gasteiger partial charge on any atom is 0.344 e. The fourth-order valence-electron chi connectivity index (χ4n) is 1.81. The van der Waals surface area contributed by atoms with E-state index in [-0.39, 0.29) is 0 Å². The topological polar surface area (TPSA) is 46.5 Å². The number of ether oxygens (including phenoxy) is 1. The van der Waals surface area contributed by atoms with E-state index in [0.29, 0.717) is 6.42 Å². The number of aryl methyl sites for hydroxylation is 2. The Morgan fingerprint density at radius 2 is 2.40 bits per heavy atom. The zero-order valence-electron chi connectivity index (χ0n) is 8.69. The van der Waals surface area contributed by atoms with E-state index < -0.39 is 12.1 Å². The lowest BCUT2D eigenvalue weighted by Crippen LogP contribution is -2.30. The second-order valence-corrected chi connectivity index (χ2v) is 3.78. The van der Waals surface area contributed by atoms with Crippen LogP contribution in [0.15, 0.2) is 18.2 Å². The molecule has 2 rings (SSSR count). The third-order valence-corrected chi connectivity index (χ3v) is 2.76. The summed E-state index contributed by atoms with van der Waals surface area (Å²) in [6.45, 7) is 2.07. The van der Waals surface area contributed by atoms with Crippen molar-refractivity contribution in [2.75, 3.05) is 0 Å². The minimum atomic E-state index is -0.873. The fourth-order valence-corrected chi connectivity index (χ4v) is 1.81. The molecule has 0 fully saturated rings. The minimum absolute atomic E-state index is 0.563. The predicted octanol–water partition coefficient (Wildman–Crippen LogP) is 2.03. The van der Waals surface area contributed by atoms with Crippen molar-refractivity contribution in [3.63, 3.8) is 0 Å². The second kappa shape index (κ2) is 3.93. The van der Waals surface area contributed by atoms with Crippen molar-refractivity contribution in [1.82, 2.24) is 0 Å². The third kappa shape index (κ3) is 1.96. The van der Waals surface area contributed by atoms with Gasteiger partial charge < -0.3 is 9.84 Å². The molecule has 3 nitrogen and oxygen atoms in total. The quantitative estimate of drug-likeness (QED) is 0.805. The summed E-state index contributed by atoms with van der Waals surface area (Å²) in [5.41, 5.74) is 2.30. The summed E-state index contributed by atoms with van der Waals surface area (Å²) in [7, 11) is 0. The number of carboxylic acid groups (broad SMARTS) is 1. The zero-order valence-corrected chi connectivity index (χ0v) is 8.69. The number of hydrogen-bond acceptors (Lipinski definition) is 2. The van der Waals surface area contributed by atoms with Gasteiger partial charge in [-0.3, -0.25) is 0 Å². The summed E-state index contributed by atoms with van der Waals surface area (Å²) in [6.07, 6.45) is 1.61. The average Bonchev–Trinajstić information content (AvgIpc) is 2.27. The highest BCUT2D eigenvalue weighted by Crippen LogP contribution is 2.28. The van der Waals surface area contributed by atoms with Gasteiger partial charge in [-0.1, -0.05) is 19.1 Å². The van der Waals surface area contributed by atoms with Crippen LogP contribution in [-0.2, 0) is 17.6 Å². The Labute approximate surface area is 88.7 Å². The first-order valence-electron chi connectivity index (χ1n) is 5.22. The summed E-state index contributed by atoms with van der Waals surface area (Å²) in [5.74, 6) is -0.129. The Balaban J connectivity index is 2.27. The van der Waals surface area contributed by atoms with Gasteiger partial charge in [0.05, 0.1) is 0 Å². The van der Waals surface area contributed by atoms with Crippen LogP contribution in [0.25, 0.3) is 0 Å². The Morgan fingerprint density at radius 3 is 3.07 bits per heavy atom. The summed E-state index contributed by atoms with van der Waals surface area (Å²) in [5, 5.41) is 8.87. The maximum atomic E-state index is 10.8. The first-order chi connectivity index (χ1) is 7.20. The number of carbonyl (C=O) groups is 1. The summed E-state index contributed by atoms with van der Waals surface area (Å²) < 4.78 is 5.44. The zero-order chi connectivity index (χ0) is 10.8. The number of hydrogen-bond donors (Lipinski definition) is 1. The van der Waals surface area contributed by atoms with Gasteiger partial charge in [0.25, 0.3) is 0 Å². The van der Waals surface area contributed by atoms with Crippen LogP contribution < -0.4 is 4.74 Å².